The summed E-state index contributed by atoms with van der Waals surface area (Å²) in [5.74, 6) is -0.179. The summed E-state index contributed by atoms with van der Waals surface area (Å²) in [6.45, 7) is 0.225. The van der Waals surface area contributed by atoms with Crippen LogP contribution in [0.1, 0.15) is 22.3 Å². The van der Waals surface area contributed by atoms with Crippen LogP contribution in [-0.4, -0.2) is 18.9 Å². The zero-order valence-corrected chi connectivity index (χ0v) is 13.2. The number of nitrogens with one attached hydrogen (secondary N) is 2. The predicted octanol–water partition coefficient (Wildman–Crippen LogP) is 2.48. The highest BCUT2D eigenvalue weighted by atomic mass is 16.5. The van der Waals surface area contributed by atoms with Crippen molar-refractivity contribution in [2.75, 3.05) is 12.4 Å². The second kappa shape index (κ2) is 8.34. The van der Waals surface area contributed by atoms with Crippen molar-refractivity contribution >= 4 is 17.5 Å². The van der Waals surface area contributed by atoms with Gasteiger partial charge < -0.3 is 15.4 Å². The molecule has 6 nitrogen and oxygen atoms in total. The van der Waals surface area contributed by atoms with Crippen LogP contribution in [0.25, 0.3) is 0 Å². The number of carbonyl (C=O) groups excluding carboxylic acids is 2. The molecule has 2 N–H and O–H groups in total. The van der Waals surface area contributed by atoms with E-state index in [1.807, 2.05) is 6.07 Å². The first-order valence-electron chi connectivity index (χ1n) is 7.31. The van der Waals surface area contributed by atoms with Crippen LogP contribution in [0.3, 0.4) is 0 Å². The van der Waals surface area contributed by atoms with Crippen molar-refractivity contribution in [1.29, 1.82) is 5.26 Å². The van der Waals surface area contributed by atoms with Gasteiger partial charge in [0.2, 0.25) is 5.91 Å². The number of nitriles is 1. The fourth-order valence-corrected chi connectivity index (χ4v) is 2.15. The molecule has 0 aromatic heterocycles. The molecule has 0 bridgehead atoms. The molecule has 0 radical (unpaired) electrons. The van der Waals surface area contributed by atoms with Gasteiger partial charge in [0.25, 0.3) is 5.91 Å². The Morgan fingerprint density at radius 1 is 1.12 bits per heavy atom. The molecule has 122 valence electrons. The quantitative estimate of drug-likeness (QED) is 0.854. The van der Waals surface area contributed by atoms with E-state index in [0.29, 0.717) is 17.0 Å². The maximum Gasteiger partial charge on any atom is 0.259 e. The fraction of sp³-hybridized carbons (Fsp3) is 0.167. The second-order valence-corrected chi connectivity index (χ2v) is 4.92. The van der Waals surface area contributed by atoms with E-state index in [2.05, 4.69) is 10.6 Å². The van der Waals surface area contributed by atoms with Crippen LogP contribution in [0.2, 0.25) is 0 Å². The average molecular weight is 323 g/mol. The molecule has 0 heterocycles. The van der Waals surface area contributed by atoms with Gasteiger partial charge in [-0.3, -0.25) is 9.59 Å². The molecule has 0 atom stereocenters. The predicted molar refractivity (Wildman–Crippen MR) is 89.5 cm³/mol. The van der Waals surface area contributed by atoms with E-state index < -0.39 is 0 Å². The lowest BCUT2D eigenvalue weighted by atomic mass is 10.1. The van der Waals surface area contributed by atoms with Gasteiger partial charge in [0.05, 0.1) is 18.7 Å². The lowest BCUT2D eigenvalue weighted by Gasteiger charge is -2.13. The maximum absolute atomic E-state index is 12.5. The number of rotatable bonds is 6. The van der Waals surface area contributed by atoms with Crippen LogP contribution in [0.5, 0.6) is 5.75 Å². The van der Waals surface area contributed by atoms with Gasteiger partial charge >= 0.3 is 0 Å². The number of carbonyl (C=O) groups is 2. The Bertz CT molecular complexity index is 781. The highest BCUT2D eigenvalue weighted by molar-refractivity contribution is 6.06. The van der Waals surface area contributed by atoms with Gasteiger partial charge in [0, 0.05) is 12.2 Å². The standard InChI is InChI=1S/C18H17N3O3/c1-24-16-9-5-3-7-14(16)18(23)21-15-8-4-2-6-13(15)12-20-17(22)10-11-19/h2-9H,10,12H2,1H3,(H,20,22)(H,21,23). The van der Waals surface area contributed by atoms with E-state index in [9.17, 15) is 9.59 Å². The van der Waals surface area contributed by atoms with Gasteiger partial charge in [0.1, 0.15) is 12.2 Å². The lowest BCUT2D eigenvalue weighted by molar-refractivity contribution is -0.120. The Kier molecular flexibility index (Phi) is 5.92. The first kappa shape index (κ1) is 17.0. The van der Waals surface area contributed by atoms with E-state index in [1.165, 1.54) is 7.11 Å². The number of nitrogens with zero attached hydrogens (tertiary/aromatic N) is 1. The number of methoxy groups -OCH3 is 1. The number of para-hydroxylation sites is 2. The van der Waals surface area contributed by atoms with E-state index in [1.54, 1.807) is 48.5 Å². The highest BCUT2D eigenvalue weighted by Crippen LogP contribution is 2.21. The van der Waals surface area contributed by atoms with Crippen LogP contribution < -0.4 is 15.4 Å². The first-order valence-corrected chi connectivity index (χ1v) is 7.31. The van der Waals surface area contributed by atoms with Crippen LogP contribution in [0, 0.1) is 11.3 Å². The second-order valence-electron chi connectivity index (χ2n) is 4.92. The van der Waals surface area contributed by atoms with Crippen molar-refractivity contribution in [3.8, 4) is 11.8 Å². The third-order valence-electron chi connectivity index (χ3n) is 3.33. The Morgan fingerprint density at radius 2 is 1.83 bits per heavy atom. The minimum atomic E-state index is -0.358. The summed E-state index contributed by atoms with van der Waals surface area (Å²) in [4.78, 5) is 23.9. The molecule has 2 aromatic carbocycles. The monoisotopic (exact) mass is 323 g/mol. The van der Waals surface area contributed by atoms with Crippen molar-refractivity contribution in [3.63, 3.8) is 0 Å². The summed E-state index contributed by atoms with van der Waals surface area (Å²) in [7, 11) is 1.50. The van der Waals surface area contributed by atoms with Crippen LogP contribution in [-0.2, 0) is 11.3 Å². The Hall–Kier alpha value is -3.33. The average Bonchev–Trinajstić information content (AvgIpc) is 2.61. The van der Waals surface area contributed by atoms with E-state index in [-0.39, 0.29) is 24.8 Å². The van der Waals surface area contributed by atoms with E-state index >= 15 is 0 Å². The highest BCUT2D eigenvalue weighted by Gasteiger charge is 2.13. The summed E-state index contributed by atoms with van der Waals surface area (Å²) in [5, 5.41) is 14.0. The van der Waals surface area contributed by atoms with E-state index in [4.69, 9.17) is 10.00 Å². The minimum absolute atomic E-state index is 0.199. The molecule has 0 saturated carbocycles. The Labute approximate surface area is 140 Å². The van der Waals surface area contributed by atoms with E-state index in [0.717, 1.165) is 5.56 Å². The van der Waals surface area contributed by atoms with Crippen molar-refractivity contribution in [2.45, 2.75) is 13.0 Å². The molecule has 2 amide bonds. The molecule has 6 heteroatoms. The summed E-state index contributed by atoms with van der Waals surface area (Å²) >= 11 is 0. The first-order chi connectivity index (χ1) is 11.7. The number of amides is 2. The number of ether oxygens (including phenoxy) is 1. The van der Waals surface area contributed by atoms with Gasteiger partial charge in [-0.05, 0) is 23.8 Å². The van der Waals surface area contributed by atoms with Crippen molar-refractivity contribution < 1.29 is 14.3 Å². The molecular weight excluding hydrogens is 306 g/mol. The molecule has 0 saturated heterocycles. The third kappa shape index (κ3) is 4.34. The molecule has 0 spiro atoms. The summed E-state index contributed by atoms with van der Waals surface area (Å²) in [5.41, 5.74) is 1.75. The normalized spacial score (nSPS) is 9.67. The molecule has 0 fully saturated rings. The van der Waals surface area contributed by atoms with Crippen molar-refractivity contribution in [2.24, 2.45) is 0 Å². The summed E-state index contributed by atoms with van der Waals surface area (Å²) in [6.07, 6.45) is -0.199. The van der Waals surface area contributed by atoms with Crippen LogP contribution in [0.4, 0.5) is 5.69 Å². The molecular formula is C18H17N3O3. The Balaban J connectivity index is 2.14. The molecule has 0 aliphatic rings. The number of hydrogen-bond acceptors (Lipinski definition) is 4. The largest absolute Gasteiger partial charge is 0.496 e. The molecule has 0 unspecified atom stereocenters. The minimum Gasteiger partial charge on any atom is -0.496 e. The Morgan fingerprint density at radius 3 is 2.58 bits per heavy atom. The lowest BCUT2D eigenvalue weighted by Crippen LogP contribution is -2.23. The zero-order chi connectivity index (χ0) is 17.4. The smallest absolute Gasteiger partial charge is 0.259 e. The number of benzene rings is 2. The summed E-state index contributed by atoms with van der Waals surface area (Å²) < 4.78 is 5.19. The van der Waals surface area contributed by atoms with Gasteiger partial charge in [-0.1, -0.05) is 30.3 Å². The fourth-order valence-electron chi connectivity index (χ4n) is 2.15. The van der Waals surface area contributed by atoms with Crippen LogP contribution in [0.15, 0.2) is 48.5 Å². The zero-order valence-electron chi connectivity index (χ0n) is 13.2. The third-order valence-corrected chi connectivity index (χ3v) is 3.33. The number of hydrogen-bond donors (Lipinski definition) is 2. The molecule has 24 heavy (non-hydrogen) atoms. The molecule has 0 aliphatic heterocycles. The molecule has 2 aromatic rings. The van der Waals surface area contributed by atoms with Crippen LogP contribution >= 0.6 is 0 Å². The van der Waals surface area contributed by atoms with Gasteiger partial charge in [-0.2, -0.15) is 5.26 Å². The summed E-state index contributed by atoms with van der Waals surface area (Å²) in [6, 6.07) is 15.9. The van der Waals surface area contributed by atoms with Crippen molar-refractivity contribution in [1.82, 2.24) is 5.32 Å². The van der Waals surface area contributed by atoms with Gasteiger partial charge in [-0.25, -0.2) is 0 Å². The SMILES string of the molecule is COc1ccccc1C(=O)Nc1ccccc1CNC(=O)CC#N. The maximum atomic E-state index is 12.5. The van der Waals surface area contributed by atoms with Crippen molar-refractivity contribution in [3.05, 3.63) is 59.7 Å². The molecule has 2 rings (SSSR count). The van der Waals surface area contributed by atoms with Gasteiger partial charge in [-0.15, -0.1) is 0 Å². The topological polar surface area (TPSA) is 91.2 Å². The van der Waals surface area contributed by atoms with Gasteiger partial charge in [0.15, 0.2) is 0 Å². The molecule has 0 aliphatic carbocycles. The number of anilines is 1.